The minimum atomic E-state index is 0.215. The summed E-state index contributed by atoms with van der Waals surface area (Å²) in [4.78, 5) is 10.6. The molecule has 0 aliphatic rings. The van der Waals surface area contributed by atoms with Crippen molar-refractivity contribution < 1.29 is 4.79 Å². The first-order valence-corrected chi connectivity index (χ1v) is 3.43. The number of allylic oxidation sites excluding steroid dienone is 2. The van der Waals surface area contributed by atoms with Gasteiger partial charge in [-0.15, -0.1) is 13.2 Å². The van der Waals surface area contributed by atoms with E-state index in [-0.39, 0.29) is 11.7 Å². The highest BCUT2D eigenvalue weighted by molar-refractivity contribution is 5.75. The molecule has 0 amide bonds. The van der Waals surface area contributed by atoms with E-state index in [9.17, 15) is 4.79 Å². The first kappa shape index (κ1) is 9.15. The summed E-state index contributed by atoms with van der Waals surface area (Å²) in [7, 11) is 0. The fourth-order valence-electron chi connectivity index (χ4n) is 0.846. The van der Waals surface area contributed by atoms with Crippen LogP contribution < -0.4 is 0 Å². The van der Waals surface area contributed by atoms with Crippen molar-refractivity contribution in [1.82, 2.24) is 0 Å². The van der Waals surface area contributed by atoms with Crippen molar-refractivity contribution in [3.8, 4) is 0 Å². The van der Waals surface area contributed by atoms with Crippen LogP contribution in [-0.2, 0) is 4.79 Å². The summed E-state index contributed by atoms with van der Waals surface area (Å²) in [6, 6.07) is 0. The Morgan fingerprint density at radius 3 is 2.50 bits per heavy atom. The maximum absolute atomic E-state index is 10.6. The summed E-state index contributed by atoms with van der Waals surface area (Å²) in [6.45, 7) is 8.83. The van der Waals surface area contributed by atoms with Gasteiger partial charge in [-0.1, -0.05) is 12.2 Å². The molecule has 0 fully saturated rings. The predicted molar refractivity (Wildman–Crippen MR) is 43.8 cm³/mol. The molecule has 1 unspecified atom stereocenters. The van der Waals surface area contributed by atoms with Crippen molar-refractivity contribution in [2.75, 3.05) is 0 Å². The average Bonchev–Trinajstić information content (AvgIpc) is 1.86. The Labute approximate surface area is 62.4 Å². The molecule has 56 valence electrons. The number of carbonyl (C=O) groups is 1. The van der Waals surface area contributed by atoms with Gasteiger partial charge >= 0.3 is 0 Å². The van der Waals surface area contributed by atoms with Gasteiger partial charge in [0.1, 0.15) is 5.78 Å². The molecule has 0 saturated heterocycles. The molecule has 0 rings (SSSR count). The van der Waals surface area contributed by atoms with E-state index < -0.39 is 0 Å². The SMILES string of the molecule is C=CCC(C=C)CC(C)=O. The molecule has 0 heterocycles. The van der Waals surface area contributed by atoms with Crippen LogP contribution in [0.5, 0.6) is 0 Å². The first-order chi connectivity index (χ1) is 4.70. The minimum Gasteiger partial charge on any atom is -0.300 e. The van der Waals surface area contributed by atoms with E-state index in [1.807, 2.05) is 12.2 Å². The van der Waals surface area contributed by atoms with Crippen molar-refractivity contribution in [3.05, 3.63) is 25.3 Å². The number of hydrogen-bond donors (Lipinski definition) is 0. The van der Waals surface area contributed by atoms with Crippen LogP contribution in [0.25, 0.3) is 0 Å². The molecule has 0 aromatic carbocycles. The molecule has 0 spiro atoms. The highest BCUT2D eigenvalue weighted by atomic mass is 16.1. The molecular formula is C9H14O. The Balaban J connectivity index is 3.70. The molecular weight excluding hydrogens is 124 g/mol. The highest BCUT2D eigenvalue weighted by Crippen LogP contribution is 2.09. The number of Topliss-reactive ketones (excluding diaryl/α,β-unsaturated/α-hetero) is 1. The largest absolute Gasteiger partial charge is 0.300 e. The standard InChI is InChI=1S/C9H14O/c1-4-6-9(5-2)7-8(3)10/h4-5,9H,1-2,6-7H2,3H3. The molecule has 0 radical (unpaired) electrons. The third-order valence-corrected chi connectivity index (χ3v) is 1.35. The van der Waals surface area contributed by atoms with Crippen molar-refractivity contribution >= 4 is 5.78 Å². The second-order valence-electron chi connectivity index (χ2n) is 2.43. The van der Waals surface area contributed by atoms with Gasteiger partial charge in [-0.05, 0) is 19.3 Å². The van der Waals surface area contributed by atoms with Gasteiger partial charge in [0, 0.05) is 6.42 Å². The Morgan fingerprint density at radius 2 is 2.20 bits per heavy atom. The van der Waals surface area contributed by atoms with Crippen molar-refractivity contribution in [1.29, 1.82) is 0 Å². The zero-order chi connectivity index (χ0) is 7.98. The molecule has 1 nitrogen and oxygen atoms in total. The van der Waals surface area contributed by atoms with Gasteiger partial charge in [-0.3, -0.25) is 0 Å². The molecule has 1 atom stereocenters. The van der Waals surface area contributed by atoms with Gasteiger partial charge in [-0.25, -0.2) is 0 Å². The lowest BCUT2D eigenvalue weighted by Crippen LogP contribution is -2.00. The van der Waals surface area contributed by atoms with E-state index in [4.69, 9.17) is 0 Å². The van der Waals surface area contributed by atoms with Gasteiger partial charge in [0.2, 0.25) is 0 Å². The summed E-state index contributed by atoms with van der Waals surface area (Å²) >= 11 is 0. The van der Waals surface area contributed by atoms with Crippen LogP contribution in [0.3, 0.4) is 0 Å². The molecule has 10 heavy (non-hydrogen) atoms. The summed E-state index contributed by atoms with van der Waals surface area (Å²) in [5.41, 5.74) is 0. The van der Waals surface area contributed by atoms with Gasteiger partial charge < -0.3 is 4.79 Å². The smallest absolute Gasteiger partial charge is 0.130 e. The number of carbonyl (C=O) groups excluding carboxylic acids is 1. The van der Waals surface area contributed by atoms with E-state index in [1.165, 1.54) is 0 Å². The average molecular weight is 138 g/mol. The predicted octanol–water partition coefficient (Wildman–Crippen LogP) is 2.34. The van der Waals surface area contributed by atoms with Crippen molar-refractivity contribution in [3.63, 3.8) is 0 Å². The van der Waals surface area contributed by atoms with E-state index in [1.54, 1.807) is 6.92 Å². The summed E-state index contributed by atoms with van der Waals surface area (Å²) < 4.78 is 0. The lowest BCUT2D eigenvalue weighted by Gasteiger charge is -2.04. The van der Waals surface area contributed by atoms with Crippen molar-refractivity contribution in [2.45, 2.75) is 19.8 Å². The summed E-state index contributed by atoms with van der Waals surface area (Å²) in [5.74, 6) is 0.502. The van der Waals surface area contributed by atoms with E-state index in [0.29, 0.717) is 6.42 Å². The van der Waals surface area contributed by atoms with Crippen LogP contribution in [0.1, 0.15) is 19.8 Å². The van der Waals surface area contributed by atoms with Gasteiger partial charge in [0.15, 0.2) is 0 Å². The maximum atomic E-state index is 10.6. The van der Waals surface area contributed by atoms with Crippen LogP contribution in [-0.4, -0.2) is 5.78 Å². The summed E-state index contributed by atoms with van der Waals surface area (Å²) in [5, 5.41) is 0. The second-order valence-corrected chi connectivity index (χ2v) is 2.43. The Hall–Kier alpha value is -0.850. The van der Waals surface area contributed by atoms with Crippen molar-refractivity contribution in [2.24, 2.45) is 5.92 Å². The van der Waals surface area contributed by atoms with E-state index in [0.717, 1.165) is 6.42 Å². The molecule has 0 aromatic heterocycles. The van der Waals surface area contributed by atoms with E-state index >= 15 is 0 Å². The monoisotopic (exact) mass is 138 g/mol. The molecule has 0 N–H and O–H groups in total. The number of rotatable bonds is 5. The first-order valence-electron chi connectivity index (χ1n) is 3.43. The fraction of sp³-hybridized carbons (Fsp3) is 0.444. The molecule has 1 heteroatoms. The molecule has 0 aromatic rings. The topological polar surface area (TPSA) is 17.1 Å². The van der Waals surface area contributed by atoms with Crippen LogP contribution in [0.15, 0.2) is 25.3 Å². The number of hydrogen-bond acceptors (Lipinski definition) is 1. The minimum absolute atomic E-state index is 0.215. The van der Waals surface area contributed by atoms with Crippen LogP contribution in [0.4, 0.5) is 0 Å². The Bertz CT molecular complexity index is 136. The Kier molecular flexibility index (Phi) is 4.55. The number of ketones is 1. The maximum Gasteiger partial charge on any atom is 0.130 e. The lowest BCUT2D eigenvalue weighted by atomic mass is 10.00. The fourth-order valence-corrected chi connectivity index (χ4v) is 0.846. The highest BCUT2D eigenvalue weighted by Gasteiger charge is 2.03. The quantitative estimate of drug-likeness (QED) is 0.533. The zero-order valence-electron chi connectivity index (χ0n) is 6.47. The zero-order valence-corrected chi connectivity index (χ0v) is 6.47. The van der Waals surface area contributed by atoms with Crippen LogP contribution in [0.2, 0.25) is 0 Å². The van der Waals surface area contributed by atoms with Gasteiger partial charge in [0.25, 0.3) is 0 Å². The Morgan fingerprint density at radius 1 is 1.60 bits per heavy atom. The molecule has 0 aliphatic heterocycles. The summed E-state index contributed by atoms with van der Waals surface area (Å²) in [6.07, 6.45) is 5.07. The molecule has 0 saturated carbocycles. The third-order valence-electron chi connectivity index (χ3n) is 1.35. The lowest BCUT2D eigenvalue weighted by molar-refractivity contribution is -0.117. The van der Waals surface area contributed by atoms with E-state index in [2.05, 4.69) is 13.2 Å². The third kappa shape index (κ3) is 4.07. The normalized spacial score (nSPS) is 12.1. The van der Waals surface area contributed by atoms with Gasteiger partial charge in [0.05, 0.1) is 0 Å². The molecule has 0 aliphatic carbocycles. The second kappa shape index (κ2) is 4.98. The van der Waals surface area contributed by atoms with Gasteiger partial charge in [-0.2, -0.15) is 0 Å². The van der Waals surface area contributed by atoms with Crippen LogP contribution >= 0.6 is 0 Å². The molecule has 0 bridgehead atoms. The van der Waals surface area contributed by atoms with Crippen LogP contribution in [0, 0.1) is 5.92 Å².